The van der Waals surface area contributed by atoms with Crippen LogP contribution in [0.3, 0.4) is 0 Å². The van der Waals surface area contributed by atoms with Crippen molar-refractivity contribution in [1.29, 1.82) is 0 Å². The second-order valence-corrected chi connectivity index (χ2v) is 4.64. The SMILES string of the molecule is CC(OC(=O)C1CCNC1=O)c1ccc(C(=O)O)cc1. The number of benzene rings is 1. The highest BCUT2D eigenvalue weighted by molar-refractivity contribution is 5.99. The van der Waals surface area contributed by atoms with E-state index in [0.717, 1.165) is 0 Å². The molecule has 6 nitrogen and oxygen atoms in total. The number of nitrogens with one attached hydrogen (secondary N) is 1. The van der Waals surface area contributed by atoms with Gasteiger partial charge in [0.1, 0.15) is 12.0 Å². The molecule has 1 aliphatic rings. The van der Waals surface area contributed by atoms with E-state index in [0.29, 0.717) is 18.5 Å². The summed E-state index contributed by atoms with van der Waals surface area (Å²) in [6.07, 6.45) is -0.0822. The van der Waals surface area contributed by atoms with Gasteiger partial charge in [0, 0.05) is 6.54 Å². The van der Waals surface area contributed by atoms with E-state index >= 15 is 0 Å². The van der Waals surface area contributed by atoms with E-state index in [-0.39, 0.29) is 11.5 Å². The largest absolute Gasteiger partial charge is 0.478 e. The first-order chi connectivity index (χ1) is 9.49. The maximum absolute atomic E-state index is 11.8. The fourth-order valence-corrected chi connectivity index (χ4v) is 2.04. The zero-order valence-electron chi connectivity index (χ0n) is 11.0. The van der Waals surface area contributed by atoms with Gasteiger partial charge in [-0.15, -0.1) is 0 Å². The van der Waals surface area contributed by atoms with Gasteiger partial charge in [0.2, 0.25) is 5.91 Å². The van der Waals surface area contributed by atoms with Crippen LogP contribution < -0.4 is 5.32 Å². The zero-order chi connectivity index (χ0) is 14.7. The number of hydrogen-bond donors (Lipinski definition) is 2. The molecule has 2 atom stereocenters. The summed E-state index contributed by atoms with van der Waals surface area (Å²) >= 11 is 0. The van der Waals surface area contributed by atoms with Crippen LogP contribution in [0, 0.1) is 5.92 Å². The van der Waals surface area contributed by atoms with E-state index in [1.807, 2.05) is 0 Å². The molecule has 2 rings (SSSR count). The Morgan fingerprint density at radius 3 is 2.50 bits per heavy atom. The molecule has 1 saturated heterocycles. The summed E-state index contributed by atoms with van der Waals surface area (Å²) in [6, 6.07) is 6.08. The first kappa shape index (κ1) is 14.0. The van der Waals surface area contributed by atoms with Crippen molar-refractivity contribution in [3.8, 4) is 0 Å². The summed E-state index contributed by atoms with van der Waals surface area (Å²) in [4.78, 5) is 34.0. The van der Waals surface area contributed by atoms with Crippen molar-refractivity contribution in [2.24, 2.45) is 5.92 Å². The minimum atomic E-state index is -1.01. The van der Waals surface area contributed by atoms with Gasteiger partial charge in [-0.3, -0.25) is 9.59 Å². The number of carbonyl (C=O) groups excluding carboxylic acids is 2. The van der Waals surface area contributed by atoms with Crippen LogP contribution in [0.2, 0.25) is 0 Å². The second-order valence-electron chi connectivity index (χ2n) is 4.64. The van der Waals surface area contributed by atoms with E-state index in [9.17, 15) is 14.4 Å². The average Bonchev–Trinajstić information content (AvgIpc) is 2.85. The molecule has 1 aromatic carbocycles. The van der Waals surface area contributed by atoms with E-state index in [2.05, 4.69) is 5.32 Å². The summed E-state index contributed by atoms with van der Waals surface area (Å²) < 4.78 is 5.24. The number of rotatable bonds is 4. The Balaban J connectivity index is 2.00. The molecular formula is C14H15NO5. The first-order valence-electron chi connectivity index (χ1n) is 6.30. The number of esters is 1. The Kier molecular flexibility index (Phi) is 4.02. The predicted molar refractivity (Wildman–Crippen MR) is 69.0 cm³/mol. The van der Waals surface area contributed by atoms with Crippen LogP contribution in [0.4, 0.5) is 0 Å². The van der Waals surface area contributed by atoms with Crippen LogP contribution in [0.25, 0.3) is 0 Å². The summed E-state index contributed by atoms with van der Waals surface area (Å²) in [5.41, 5.74) is 0.851. The molecule has 0 spiro atoms. The smallest absolute Gasteiger partial charge is 0.335 e. The van der Waals surface area contributed by atoms with E-state index < -0.39 is 24.0 Å². The van der Waals surface area contributed by atoms with Gasteiger partial charge in [0.05, 0.1) is 5.56 Å². The molecular weight excluding hydrogens is 262 g/mol. The van der Waals surface area contributed by atoms with Gasteiger partial charge < -0.3 is 15.2 Å². The van der Waals surface area contributed by atoms with Crippen molar-refractivity contribution >= 4 is 17.8 Å². The zero-order valence-corrected chi connectivity index (χ0v) is 11.0. The quantitative estimate of drug-likeness (QED) is 0.635. The third-order valence-electron chi connectivity index (χ3n) is 3.25. The molecule has 2 unspecified atom stereocenters. The van der Waals surface area contributed by atoms with Crippen molar-refractivity contribution in [2.45, 2.75) is 19.4 Å². The number of amides is 1. The molecule has 0 bridgehead atoms. The topological polar surface area (TPSA) is 92.7 Å². The third-order valence-corrected chi connectivity index (χ3v) is 3.25. The Morgan fingerprint density at radius 2 is 2.00 bits per heavy atom. The number of hydrogen-bond acceptors (Lipinski definition) is 4. The Morgan fingerprint density at radius 1 is 1.35 bits per heavy atom. The summed E-state index contributed by atoms with van der Waals surface area (Å²) in [6.45, 7) is 2.17. The van der Waals surface area contributed by atoms with Gasteiger partial charge in [-0.25, -0.2) is 4.79 Å². The minimum absolute atomic E-state index is 0.169. The summed E-state index contributed by atoms with van der Waals surface area (Å²) in [7, 11) is 0. The predicted octanol–water partition coefficient (Wildman–Crippen LogP) is 1.13. The van der Waals surface area contributed by atoms with Crippen molar-refractivity contribution in [3.63, 3.8) is 0 Å². The molecule has 6 heteroatoms. The minimum Gasteiger partial charge on any atom is -0.478 e. The molecule has 1 heterocycles. The highest BCUT2D eigenvalue weighted by atomic mass is 16.5. The molecule has 1 fully saturated rings. The number of carbonyl (C=O) groups is 3. The molecule has 0 saturated carbocycles. The Bertz CT molecular complexity index is 537. The molecule has 0 aromatic heterocycles. The lowest BCUT2D eigenvalue weighted by molar-refractivity contribution is -0.155. The fraction of sp³-hybridized carbons (Fsp3) is 0.357. The monoisotopic (exact) mass is 277 g/mol. The Hall–Kier alpha value is -2.37. The maximum atomic E-state index is 11.8. The van der Waals surface area contributed by atoms with Crippen LogP contribution in [-0.2, 0) is 14.3 Å². The van der Waals surface area contributed by atoms with E-state index in [4.69, 9.17) is 9.84 Å². The maximum Gasteiger partial charge on any atom is 0.335 e. The Labute approximate surface area is 115 Å². The highest BCUT2D eigenvalue weighted by Gasteiger charge is 2.33. The summed E-state index contributed by atoms with van der Waals surface area (Å²) in [5, 5.41) is 11.4. The normalized spacial score (nSPS) is 19.2. The van der Waals surface area contributed by atoms with Crippen molar-refractivity contribution in [2.75, 3.05) is 6.54 Å². The number of ether oxygens (including phenoxy) is 1. The molecule has 20 heavy (non-hydrogen) atoms. The molecule has 1 aliphatic heterocycles. The summed E-state index contributed by atoms with van der Waals surface area (Å²) in [5.74, 6) is -2.60. The fourth-order valence-electron chi connectivity index (χ4n) is 2.04. The second kappa shape index (κ2) is 5.73. The first-order valence-corrected chi connectivity index (χ1v) is 6.30. The molecule has 2 N–H and O–H groups in total. The lowest BCUT2D eigenvalue weighted by atomic mass is 10.1. The van der Waals surface area contributed by atoms with Crippen molar-refractivity contribution in [1.82, 2.24) is 5.32 Å². The molecule has 0 aliphatic carbocycles. The van der Waals surface area contributed by atoms with E-state index in [1.54, 1.807) is 19.1 Å². The lowest BCUT2D eigenvalue weighted by Crippen LogP contribution is -2.27. The van der Waals surface area contributed by atoms with Gasteiger partial charge in [-0.1, -0.05) is 12.1 Å². The van der Waals surface area contributed by atoms with Crippen molar-refractivity contribution in [3.05, 3.63) is 35.4 Å². The number of carboxylic acids is 1. The van der Waals surface area contributed by atoms with Gasteiger partial charge in [0.15, 0.2) is 0 Å². The van der Waals surface area contributed by atoms with Crippen LogP contribution in [-0.4, -0.2) is 29.5 Å². The number of aromatic carboxylic acids is 1. The molecule has 1 aromatic rings. The van der Waals surface area contributed by atoms with Gasteiger partial charge in [0.25, 0.3) is 0 Å². The van der Waals surface area contributed by atoms with Crippen LogP contribution in [0.15, 0.2) is 24.3 Å². The van der Waals surface area contributed by atoms with Crippen molar-refractivity contribution < 1.29 is 24.2 Å². The standard InChI is InChI=1S/C14H15NO5/c1-8(9-2-4-10(5-3-9)13(17)18)20-14(19)11-6-7-15-12(11)16/h2-5,8,11H,6-7H2,1H3,(H,15,16)(H,17,18). The average molecular weight is 277 g/mol. The molecule has 0 radical (unpaired) electrons. The number of carboxylic acid groups (broad SMARTS) is 1. The lowest BCUT2D eigenvalue weighted by Gasteiger charge is -2.15. The van der Waals surface area contributed by atoms with Gasteiger partial charge in [-0.05, 0) is 31.0 Å². The van der Waals surface area contributed by atoms with Crippen LogP contribution >= 0.6 is 0 Å². The highest BCUT2D eigenvalue weighted by Crippen LogP contribution is 2.21. The molecule has 1 amide bonds. The third kappa shape index (κ3) is 2.96. The molecule has 106 valence electrons. The van der Waals surface area contributed by atoms with Gasteiger partial charge >= 0.3 is 11.9 Å². The van der Waals surface area contributed by atoms with Gasteiger partial charge in [-0.2, -0.15) is 0 Å². The van der Waals surface area contributed by atoms with Crippen LogP contribution in [0.5, 0.6) is 0 Å². The van der Waals surface area contributed by atoms with Crippen LogP contribution in [0.1, 0.15) is 35.4 Å². The van der Waals surface area contributed by atoms with E-state index in [1.165, 1.54) is 12.1 Å².